The monoisotopic (exact) mass is 1390 g/mol. The van der Waals surface area contributed by atoms with Crippen LogP contribution in [-0.2, 0) is 57.5 Å². The van der Waals surface area contributed by atoms with Crippen molar-refractivity contribution in [3.05, 3.63) is 0 Å². The van der Waals surface area contributed by atoms with Crippen molar-refractivity contribution in [3.63, 3.8) is 0 Å². The highest BCUT2D eigenvalue weighted by Crippen LogP contribution is 2.44. The van der Waals surface area contributed by atoms with Crippen molar-refractivity contribution < 1.29 is 70.7 Å². The Morgan fingerprint density at radius 1 is 0.598 bits per heavy atom. The molecule has 0 radical (unpaired) electrons. The molecule has 97 heavy (non-hydrogen) atoms. The molecule has 3 N–H and O–H groups in total. The zero-order chi connectivity index (χ0) is 72.1. The van der Waals surface area contributed by atoms with Crippen molar-refractivity contribution in [3.8, 4) is 0 Å². The number of halogens is 4. The fraction of sp³-hybridized carbons (Fsp3) is 0.826. The molecule has 6 fully saturated rings. The van der Waals surface area contributed by atoms with Crippen LogP contribution in [0.5, 0.6) is 0 Å². The summed E-state index contributed by atoms with van der Waals surface area (Å²) in [4.78, 5) is 189. The van der Waals surface area contributed by atoms with Crippen LogP contribution in [0.4, 0.5) is 13.2 Å². The first-order valence-corrected chi connectivity index (χ1v) is 36.0. The van der Waals surface area contributed by atoms with Crippen LogP contribution < -0.4 is 16.0 Å². The molecule has 1 spiro atoms. The molecule has 3 heterocycles. The summed E-state index contributed by atoms with van der Waals surface area (Å²) in [6.45, 7) is 9.96. The number of hydrogen-bond acceptors (Lipinski definition) is 12. The van der Waals surface area contributed by atoms with E-state index in [4.69, 9.17) is 11.6 Å². The fourth-order valence-corrected chi connectivity index (χ4v) is 15.9. The summed E-state index contributed by atoms with van der Waals surface area (Å²) in [5.41, 5.74) is -1.56. The van der Waals surface area contributed by atoms with Gasteiger partial charge in [-0.15, -0.1) is 11.6 Å². The Bertz CT molecular complexity index is 2820. The molecule has 6 aliphatic rings. The van der Waals surface area contributed by atoms with Crippen molar-refractivity contribution in [1.29, 1.82) is 0 Å². The van der Waals surface area contributed by atoms with Gasteiger partial charge in [-0.1, -0.05) is 92.9 Å². The van der Waals surface area contributed by atoms with Gasteiger partial charge in [0.15, 0.2) is 0 Å². The Kier molecular flexibility index (Phi) is 28.9. The van der Waals surface area contributed by atoms with Crippen LogP contribution in [0.15, 0.2) is 0 Å². The molecule has 3 saturated heterocycles. The van der Waals surface area contributed by atoms with E-state index in [1.165, 1.54) is 73.8 Å². The predicted octanol–water partition coefficient (Wildman–Crippen LogP) is 5.17. The number of alkyl halides is 4. The van der Waals surface area contributed by atoms with Gasteiger partial charge in [-0.25, -0.2) is 0 Å². The first-order valence-electron chi connectivity index (χ1n) is 35.5. The number of likely N-dealkylation sites (N-methyl/N-ethyl adjacent to an activating group) is 7. The molecule has 0 bridgehead atoms. The smallest absolute Gasteiger partial charge is 0.343 e. The van der Waals surface area contributed by atoms with Crippen LogP contribution in [0.1, 0.15) is 183 Å². The third kappa shape index (κ3) is 20.2. The van der Waals surface area contributed by atoms with E-state index in [1.54, 1.807) is 25.7 Å². The van der Waals surface area contributed by atoms with E-state index in [-0.39, 0.29) is 88.5 Å². The summed E-state index contributed by atoms with van der Waals surface area (Å²) >= 11 is 6.38. The second-order valence-corrected chi connectivity index (χ2v) is 30.3. The van der Waals surface area contributed by atoms with Crippen molar-refractivity contribution in [1.82, 2.24) is 60.0 Å². The second kappa shape index (κ2) is 35.2. The van der Waals surface area contributed by atoms with Gasteiger partial charge in [0.1, 0.15) is 47.8 Å². The molecule has 24 nitrogen and oxygen atoms in total. The van der Waals surface area contributed by atoms with E-state index in [0.717, 1.165) is 46.8 Å². The molecule has 0 aromatic carbocycles. The van der Waals surface area contributed by atoms with Crippen LogP contribution >= 0.6 is 11.6 Å². The Balaban J connectivity index is 1.40. The Morgan fingerprint density at radius 2 is 1.21 bits per heavy atom. The minimum atomic E-state index is -4.51. The maximum absolute atomic E-state index is 15.4. The minimum absolute atomic E-state index is 0.000793. The molecule has 3 unspecified atom stereocenters. The topological polar surface area (TPSA) is 270 Å². The van der Waals surface area contributed by atoms with Crippen LogP contribution in [0.2, 0.25) is 0 Å². The van der Waals surface area contributed by atoms with Gasteiger partial charge in [0.25, 0.3) is 0 Å². The van der Waals surface area contributed by atoms with E-state index >= 15 is 14.4 Å². The lowest BCUT2D eigenvalue weighted by molar-refractivity contribution is -0.182. The maximum atomic E-state index is 15.4. The summed E-state index contributed by atoms with van der Waals surface area (Å²) in [5, 5.41) is 7.53. The molecule has 3 aliphatic carbocycles. The predicted molar refractivity (Wildman–Crippen MR) is 358 cm³/mol. The number of hydrogen-bond donors (Lipinski definition) is 3. The van der Waals surface area contributed by atoms with E-state index in [0.29, 0.717) is 51.6 Å². The SMILES string of the molecule is CC[C@H](C)[C@@H]1NC(=O)[C@H](CC(C)C)N(C)C(=O)C[C@@H](C(=O)N2CCCC2)N(C)C(=O)[C@H](C(C)C)N(C)C(=O)C2(CCCC2)NC(=O)[C@@H]2CCCN2C(=O)[C@H](CCC2CCC(C(F)(F)F)C(Cl)C2)NC(=O)CN(C)C(=O)[C@H](CC2CCCCC2)N(C)C(=O)CN(C)C(=O)CN(C)C1=O. The van der Waals surface area contributed by atoms with Crippen molar-refractivity contribution in [2.24, 2.45) is 35.5 Å². The van der Waals surface area contributed by atoms with Crippen LogP contribution in [0.3, 0.4) is 0 Å². The summed E-state index contributed by atoms with van der Waals surface area (Å²) in [5.74, 6) is -11.0. The van der Waals surface area contributed by atoms with E-state index in [9.17, 15) is 56.3 Å². The summed E-state index contributed by atoms with van der Waals surface area (Å²) in [7, 11) is 9.91. The Hall–Kier alpha value is -6.28. The first-order chi connectivity index (χ1) is 45.5. The van der Waals surface area contributed by atoms with Crippen LogP contribution in [-0.4, -0.2) is 263 Å². The molecule has 6 rings (SSSR count). The standard InChI is InChI=1S/C69H112ClF3N12O12/c1-14-44(6)58-65(95)79(9)40-56(88)77(7)41-57(89)81(11)52(37-45-23-16-15-17-24-45)63(93)78(8)39-54(86)74-49(29-27-46-26-28-47(48(70)36-46)69(71,72)73)62(92)85-34-22-25-50(85)61(91)76-68(30-18-19-31-68)67(97)83(13)59(43(4)5)66(96)82(12)53(64(94)84-32-20-21-33-84)38-55(87)80(10)51(35-42(2)3)60(90)75-58/h42-53,58-59H,14-41H2,1-13H3,(H,74,86)(H,75,90)(H,76,91)/t44-,46?,47?,48?,49-,50-,51-,52-,53-,58-,59-/m0/s1. The molecule has 0 aromatic rings. The fourth-order valence-electron chi connectivity index (χ4n) is 15.4. The quantitative estimate of drug-likeness (QED) is 0.226. The second-order valence-electron chi connectivity index (χ2n) is 29.7. The van der Waals surface area contributed by atoms with Gasteiger partial charge in [0.2, 0.25) is 70.9 Å². The van der Waals surface area contributed by atoms with E-state index < -0.39 is 174 Å². The molecule has 11 atom stereocenters. The van der Waals surface area contributed by atoms with E-state index in [2.05, 4.69) is 16.0 Å². The maximum Gasteiger partial charge on any atom is 0.393 e. The third-order valence-electron chi connectivity index (χ3n) is 21.7. The molecule has 548 valence electrons. The number of amides is 12. The molecule has 12 amide bonds. The Labute approximate surface area is 577 Å². The molecular formula is C69H112ClF3N12O12. The number of nitrogens with zero attached hydrogens (tertiary/aromatic N) is 9. The van der Waals surface area contributed by atoms with Gasteiger partial charge < -0.3 is 60.0 Å². The van der Waals surface area contributed by atoms with Gasteiger partial charge in [-0.2, -0.15) is 13.2 Å². The van der Waals surface area contributed by atoms with Crippen LogP contribution in [0.25, 0.3) is 0 Å². The van der Waals surface area contributed by atoms with Gasteiger partial charge in [-0.05, 0) is 113 Å². The van der Waals surface area contributed by atoms with Gasteiger partial charge in [0, 0.05) is 74.3 Å². The van der Waals surface area contributed by atoms with Crippen molar-refractivity contribution in [2.45, 2.75) is 242 Å². The van der Waals surface area contributed by atoms with Crippen molar-refractivity contribution >= 4 is 82.5 Å². The summed E-state index contributed by atoms with van der Waals surface area (Å²) in [6.07, 6.45) is 3.40. The lowest BCUT2D eigenvalue weighted by Crippen LogP contribution is -2.65. The molecule has 3 saturated carbocycles. The minimum Gasteiger partial charge on any atom is -0.343 e. The van der Waals surface area contributed by atoms with Gasteiger partial charge in [-0.3, -0.25) is 57.5 Å². The van der Waals surface area contributed by atoms with Crippen LogP contribution in [0, 0.1) is 35.5 Å². The highest BCUT2D eigenvalue weighted by molar-refractivity contribution is 6.21. The molecule has 3 aliphatic heterocycles. The van der Waals surface area contributed by atoms with Crippen molar-refractivity contribution in [2.75, 3.05) is 88.6 Å². The van der Waals surface area contributed by atoms with E-state index in [1.807, 2.05) is 20.8 Å². The molecule has 28 heteroatoms. The number of carbonyl (C=O) groups is 12. The van der Waals surface area contributed by atoms with Gasteiger partial charge >= 0.3 is 6.18 Å². The zero-order valence-electron chi connectivity index (χ0n) is 59.8. The summed E-state index contributed by atoms with van der Waals surface area (Å²) < 4.78 is 41.9. The largest absolute Gasteiger partial charge is 0.393 e. The molecule has 0 aromatic heterocycles. The number of likely N-dealkylation sites (tertiary alicyclic amines) is 1. The number of carbonyl (C=O) groups excluding carboxylic acids is 12. The third-order valence-corrected chi connectivity index (χ3v) is 22.2. The highest BCUT2D eigenvalue weighted by Gasteiger charge is 2.52. The average molecular weight is 1390 g/mol. The lowest BCUT2D eigenvalue weighted by atomic mass is 9.78. The normalized spacial score (nSPS) is 29.5. The number of rotatable bonds is 11. The Morgan fingerprint density at radius 3 is 1.79 bits per heavy atom. The van der Waals surface area contributed by atoms with Gasteiger partial charge in [0.05, 0.1) is 32.0 Å². The molecular weight excluding hydrogens is 1280 g/mol. The summed E-state index contributed by atoms with van der Waals surface area (Å²) in [6, 6.07) is -8.62. The first kappa shape index (κ1) is 79.7. The zero-order valence-corrected chi connectivity index (χ0v) is 60.6. The number of fused-ring (bicyclic) bond motifs is 1. The average Bonchev–Trinajstić information content (AvgIpc) is 1.75. The highest BCUT2D eigenvalue weighted by atomic mass is 35.5. The number of nitrogens with one attached hydrogen (secondary N) is 3. The lowest BCUT2D eigenvalue weighted by Gasteiger charge is -2.41.